The molecule has 21 heavy (non-hydrogen) atoms. The maximum Gasteiger partial charge on any atom is 0.136 e. The molecule has 0 amide bonds. The van der Waals surface area contributed by atoms with Crippen molar-refractivity contribution in [3.8, 4) is 5.75 Å². The van der Waals surface area contributed by atoms with Crippen molar-refractivity contribution in [3.05, 3.63) is 65.2 Å². The van der Waals surface area contributed by atoms with Crippen LogP contribution in [0.4, 0.5) is 0 Å². The molecule has 0 aliphatic carbocycles. The Bertz CT molecular complexity index is 545. The van der Waals surface area contributed by atoms with Gasteiger partial charge in [-0.05, 0) is 42.5 Å². The summed E-state index contributed by atoms with van der Waals surface area (Å²) in [5.41, 5.74) is 9.58. The average molecular weight is 283 g/mol. The molecule has 0 saturated carbocycles. The van der Waals surface area contributed by atoms with E-state index in [1.54, 1.807) is 0 Å². The molecule has 2 atom stereocenters. The van der Waals surface area contributed by atoms with Gasteiger partial charge in [-0.3, -0.25) is 0 Å². The van der Waals surface area contributed by atoms with Crippen molar-refractivity contribution >= 4 is 0 Å². The number of ether oxygens (including phenoxy) is 1. The molecule has 0 radical (unpaired) electrons. The molecule has 0 aromatic heterocycles. The van der Waals surface area contributed by atoms with Gasteiger partial charge in [0.25, 0.3) is 0 Å². The quantitative estimate of drug-likeness (QED) is 0.841. The molecule has 0 fully saturated rings. The number of hydrogen-bond donors (Lipinski definition) is 1. The summed E-state index contributed by atoms with van der Waals surface area (Å²) in [4.78, 5) is 0. The molecular weight excluding hydrogens is 258 g/mol. The van der Waals surface area contributed by atoms with Gasteiger partial charge in [0.05, 0.1) is 0 Å². The molecule has 0 spiro atoms. The van der Waals surface area contributed by atoms with Gasteiger partial charge in [0.1, 0.15) is 11.9 Å². The normalized spacial score (nSPS) is 13.7. The fourth-order valence-electron chi connectivity index (χ4n) is 2.31. The summed E-state index contributed by atoms with van der Waals surface area (Å²) < 4.78 is 6.03. The fraction of sp³-hybridized carbons (Fsp3) is 0.368. The summed E-state index contributed by atoms with van der Waals surface area (Å²) >= 11 is 0. The van der Waals surface area contributed by atoms with Gasteiger partial charge >= 0.3 is 0 Å². The van der Waals surface area contributed by atoms with E-state index >= 15 is 0 Å². The van der Waals surface area contributed by atoms with E-state index in [0.717, 1.165) is 17.7 Å². The van der Waals surface area contributed by atoms with E-state index in [1.807, 2.05) is 12.1 Å². The van der Waals surface area contributed by atoms with Gasteiger partial charge in [-0.15, -0.1) is 0 Å². The van der Waals surface area contributed by atoms with Crippen molar-refractivity contribution in [2.45, 2.75) is 39.2 Å². The van der Waals surface area contributed by atoms with E-state index in [1.165, 1.54) is 11.1 Å². The second kappa shape index (κ2) is 7.28. The van der Waals surface area contributed by atoms with Crippen LogP contribution in [-0.2, 0) is 0 Å². The fourth-order valence-corrected chi connectivity index (χ4v) is 2.31. The molecule has 0 aliphatic rings. The maximum atomic E-state index is 6.03. The van der Waals surface area contributed by atoms with Crippen molar-refractivity contribution in [1.82, 2.24) is 0 Å². The molecule has 2 rings (SSSR count). The Labute approximate surface area is 127 Å². The van der Waals surface area contributed by atoms with Crippen LogP contribution in [0.1, 0.15) is 49.0 Å². The minimum atomic E-state index is -0.0972. The molecule has 2 nitrogen and oxygen atoms in total. The van der Waals surface area contributed by atoms with E-state index in [9.17, 15) is 0 Å². The summed E-state index contributed by atoms with van der Waals surface area (Å²) in [5.74, 6) is 1.46. The Hall–Kier alpha value is -1.80. The molecule has 2 aromatic rings. The first-order chi connectivity index (χ1) is 10.1. The molecule has 2 aromatic carbocycles. The van der Waals surface area contributed by atoms with Crippen LogP contribution in [0.3, 0.4) is 0 Å². The van der Waals surface area contributed by atoms with Gasteiger partial charge < -0.3 is 10.5 Å². The molecular formula is C19H25NO. The standard InChI is InChI=1S/C19H25NO/c1-4-15(3)16-9-11-18(12-10-16)21-19(13-20)17-7-5-14(2)6-8-17/h5-12,15,19H,4,13,20H2,1-3H3. The predicted octanol–water partition coefficient (Wildman–Crippen LogP) is 4.59. The van der Waals surface area contributed by atoms with E-state index in [2.05, 4.69) is 57.2 Å². The Morgan fingerprint density at radius 1 is 0.952 bits per heavy atom. The second-order valence-electron chi connectivity index (χ2n) is 5.63. The first-order valence-corrected chi connectivity index (χ1v) is 7.67. The number of hydrogen-bond acceptors (Lipinski definition) is 2. The highest BCUT2D eigenvalue weighted by Crippen LogP contribution is 2.25. The smallest absolute Gasteiger partial charge is 0.136 e. The predicted molar refractivity (Wildman–Crippen MR) is 88.8 cm³/mol. The lowest BCUT2D eigenvalue weighted by Gasteiger charge is -2.19. The van der Waals surface area contributed by atoms with E-state index < -0.39 is 0 Å². The van der Waals surface area contributed by atoms with Crippen LogP contribution in [0.25, 0.3) is 0 Å². The van der Waals surface area contributed by atoms with Crippen molar-refractivity contribution in [2.75, 3.05) is 6.54 Å². The van der Waals surface area contributed by atoms with Gasteiger partial charge in [0.15, 0.2) is 0 Å². The average Bonchev–Trinajstić information content (AvgIpc) is 2.53. The lowest BCUT2D eigenvalue weighted by atomic mass is 9.99. The van der Waals surface area contributed by atoms with Crippen LogP contribution < -0.4 is 10.5 Å². The molecule has 2 N–H and O–H groups in total. The van der Waals surface area contributed by atoms with Crippen LogP contribution in [0, 0.1) is 6.92 Å². The third kappa shape index (κ3) is 4.08. The van der Waals surface area contributed by atoms with Crippen LogP contribution >= 0.6 is 0 Å². The third-order valence-electron chi connectivity index (χ3n) is 4.00. The Balaban J connectivity index is 2.09. The van der Waals surface area contributed by atoms with Gasteiger partial charge in [-0.1, -0.05) is 55.8 Å². The minimum absolute atomic E-state index is 0.0972. The zero-order valence-electron chi connectivity index (χ0n) is 13.2. The zero-order valence-corrected chi connectivity index (χ0v) is 13.2. The Kier molecular flexibility index (Phi) is 5.40. The van der Waals surface area contributed by atoms with Crippen molar-refractivity contribution in [3.63, 3.8) is 0 Å². The van der Waals surface area contributed by atoms with Crippen molar-refractivity contribution in [1.29, 1.82) is 0 Å². The largest absolute Gasteiger partial charge is 0.484 e. The van der Waals surface area contributed by atoms with Gasteiger partial charge in [0.2, 0.25) is 0 Å². The highest BCUT2D eigenvalue weighted by atomic mass is 16.5. The summed E-state index contributed by atoms with van der Waals surface area (Å²) in [6.45, 7) is 6.99. The number of rotatable bonds is 6. The number of benzene rings is 2. The highest BCUT2D eigenvalue weighted by Gasteiger charge is 2.11. The number of nitrogens with two attached hydrogens (primary N) is 1. The summed E-state index contributed by atoms with van der Waals surface area (Å²) in [5, 5.41) is 0. The summed E-state index contributed by atoms with van der Waals surface area (Å²) in [7, 11) is 0. The SMILES string of the molecule is CCC(C)c1ccc(OC(CN)c2ccc(C)cc2)cc1. The van der Waals surface area contributed by atoms with Gasteiger partial charge in [-0.2, -0.15) is 0 Å². The monoisotopic (exact) mass is 283 g/mol. The molecule has 2 heteroatoms. The third-order valence-corrected chi connectivity index (χ3v) is 4.00. The van der Waals surface area contributed by atoms with Crippen LogP contribution in [0.2, 0.25) is 0 Å². The zero-order chi connectivity index (χ0) is 15.2. The van der Waals surface area contributed by atoms with Crippen molar-refractivity contribution < 1.29 is 4.74 Å². The van der Waals surface area contributed by atoms with Gasteiger partial charge in [0, 0.05) is 6.54 Å². The van der Waals surface area contributed by atoms with E-state index in [-0.39, 0.29) is 6.10 Å². The molecule has 2 unspecified atom stereocenters. The Morgan fingerprint density at radius 3 is 2.05 bits per heavy atom. The first kappa shape index (κ1) is 15.6. The second-order valence-corrected chi connectivity index (χ2v) is 5.63. The van der Waals surface area contributed by atoms with Crippen LogP contribution in [0.5, 0.6) is 5.75 Å². The topological polar surface area (TPSA) is 35.2 Å². The summed E-state index contributed by atoms with van der Waals surface area (Å²) in [6, 6.07) is 16.7. The van der Waals surface area contributed by atoms with Gasteiger partial charge in [-0.25, -0.2) is 0 Å². The van der Waals surface area contributed by atoms with E-state index in [4.69, 9.17) is 10.5 Å². The first-order valence-electron chi connectivity index (χ1n) is 7.67. The molecule has 112 valence electrons. The van der Waals surface area contributed by atoms with E-state index in [0.29, 0.717) is 12.5 Å². The summed E-state index contributed by atoms with van der Waals surface area (Å²) in [6.07, 6.45) is 1.05. The number of aryl methyl sites for hydroxylation is 1. The maximum absolute atomic E-state index is 6.03. The Morgan fingerprint density at radius 2 is 1.52 bits per heavy atom. The molecule has 0 aliphatic heterocycles. The lowest BCUT2D eigenvalue weighted by molar-refractivity contribution is 0.214. The minimum Gasteiger partial charge on any atom is -0.484 e. The van der Waals surface area contributed by atoms with Crippen LogP contribution in [0.15, 0.2) is 48.5 Å². The lowest BCUT2D eigenvalue weighted by Crippen LogP contribution is -2.18. The molecule has 0 heterocycles. The molecule has 0 bridgehead atoms. The molecule has 0 saturated heterocycles. The highest BCUT2D eigenvalue weighted by molar-refractivity contribution is 5.31. The van der Waals surface area contributed by atoms with Crippen LogP contribution in [-0.4, -0.2) is 6.54 Å². The van der Waals surface area contributed by atoms with Crippen molar-refractivity contribution in [2.24, 2.45) is 5.73 Å².